The van der Waals surface area contributed by atoms with E-state index in [2.05, 4.69) is 0 Å². The number of imide groups is 1. The SMILES string of the molecule is C[C@@H](O)[C@@H](CN1C(=O)c2ccccc2C1=O)C(=O)OCc1ccccc1. The van der Waals surface area contributed by atoms with Gasteiger partial charge in [-0.05, 0) is 24.6 Å². The number of esters is 1. The van der Waals surface area contributed by atoms with Crippen LogP contribution < -0.4 is 0 Å². The molecule has 0 spiro atoms. The first-order valence-corrected chi connectivity index (χ1v) is 8.33. The van der Waals surface area contributed by atoms with E-state index < -0.39 is 29.8 Å². The molecule has 0 aliphatic carbocycles. The Morgan fingerprint density at radius 1 is 1.00 bits per heavy atom. The Morgan fingerprint density at radius 3 is 2.08 bits per heavy atom. The summed E-state index contributed by atoms with van der Waals surface area (Å²) in [7, 11) is 0. The molecule has 1 N–H and O–H groups in total. The number of hydrogen-bond acceptors (Lipinski definition) is 5. The summed E-state index contributed by atoms with van der Waals surface area (Å²) < 4.78 is 5.26. The summed E-state index contributed by atoms with van der Waals surface area (Å²) in [4.78, 5) is 38.3. The van der Waals surface area contributed by atoms with Gasteiger partial charge in [-0.15, -0.1) is 0 Å². The summed E-state index contributed by atoms with van der Waals surface area (Å²) in [6.45, 7) is 1.27. The molecule has 1 aliphatic rings. The van der Waals surface area contributed by atoms with E-state index in [0.717, 1.165) is 10.5 Å². The number of carbonyl (C=O) groups excluding carboxylic acids is 3. The average Bonchev–Trinajstić information content (AvgIpc) is 2.89. The van der Waals surface area contributed by atoms with Gasteiger partial charge < -0.3 is 9.84 Å². The predicted octanol–water partition coefficient (Wildman–Crippen LogP) is 2.02. The smallest absolute Gasteiger partial charge is 0.313 e. The van der Waals surface area contributed by atoms with Crippen molar-refractivity contribution in [2.45, 2.75) is 19.6 Å². The van der Waals surface area contributed by atoms with Crippen molar-refractivity contribution in [2.24, 2.45) is 5.92 Å². The average molecular weight is 353 g/mol. The number of aliphatic hydroxyl groups excluding tert-OH is 1. The Bertz CT molecular complexity index is 796. The van der Waals surface area contributed by atoms with E-state index in [-0.39, 0.29) is 13.2 Å². The molecule has 6 heteroatoms. The standard InChI is InChI=1S/C20H19NO5/c1-13(22)17(20(25)26-12-14-7-3-2-4-8-14)11-21-18(23)15-9-5-6-10-16(15)19(21)24/h2-10,13,17,22H,11-12H2,1H3/t13-,17-/m1/s1. The third kappa shape index (κ3) is 3.50. The van der Waals surface area contributed by atoms with Crippen LogP contribution in [0.25, 0.3) is 0 Å². The van der Waals surface area contributed by atoms with E-state index in [0.29, 0.717) is 11.1 Å². The molecule has 0 saturated carbocycles. The topological polar surface area (TPSA) is 83.9 Å². The van der Waals surface area contributed by atoms with Gasteiger partial charge in [0.25, 0.3) is 11.8 Å². The second kappa shape index (κ2) is 7.49. The number of carbonyl (C=O) groups is 3. The van der Waals surface area contributed by atoms with Crippen LogP contribution in [0.15, 0.2) is 54.6 Å². The molecule has 2 atom stereocenters. The van der Waals surface area contributed by atoms with Crippen LogP contribution in [0.3, 0.4) is 0 Å². The maximum Gasteiger partial charge on any atom is 0.313 e. The molecule has 2 aromatic carbocycles. The molecular formula is C20H19NO5. The fraction of sp³-hybridized carbons (Fsp3) is 0.250. The van der Waals surface area contributed by atoms with Gasteiger partial charge in [0.2, 0.25) is 0 Å². The number of nitrogens with zero attached hydrogens (tertiary/aromatic N) is 1. The molecule has 0 fully saturated rings. The number of amides is 2. The fourth-order valence-corrected chi connectivity index (χ4v) is 2.86. The monoisotopic (exact) mass is 353 g/mol. The van der Waals surface area contributed by atoms with Crippen molar-refractivity contribution in [1.29, 1.82) is 0 Å². The Hall–Kier alpha value is -2.99. The van der Waals surface area contributed by atoms with Gasteiger partial charge in [-0.25, -0.2) is 0 Å². The van der Waals surface area contributed by atoms with Crippen molar-refractivity contribution in [2.75, 3.05) is 6.54 Å². The van der Waals surface area contributed by atoms with E-state index >= 15 is 0 Å². The number of benzene rings is 2. The lowest BCUT2D eigenvalue weighted by molar-refractivity contribution is -0.153. The second-order valence-electron chi connectivity index (χ2n) is 6.21. The van der Waals surface area contributed by atoms with Crippen LogP contribution in [0.2, 0.25) is 0 Å². The minimum absolute atomic E-state index is 0.0605. The first kappa shape index (κ1) is 17.8. The maximum absolute atomic E-state index is 12.4. The molecule has 0 aromatic heterocycles. The van der Waals surface area contributed by atoms with Crippen LogP contribution in [0.1, 0.15) is 33.2 Å². The Morgan fingerprint density at radius 2 is 1.54 bits per heavy atom. The molecule has 1 heterocycles. The lowest BCUT2D eigenvalue weighted by Gasteiger charge is -2.23. The first-order chi connectivity index (χ1) is 12.5. The van der Waals surface area contributed by atoms with Crippen molar-refractivity contribution >= 4 is 17.8 Å². The van der Waals surface area contributed by atoms with Crippen molar-refractivity contribution in [3.05, 3.63) is 71.3 Å². The van der Waals surface area contributed by atoms with Crippen molar-refractivity contribution in [3.63, 3.8) is 0 Å². The molecular weight excluding hydrogens is 334 g/mol. The highest BCUT2D eigenvalue weighted by molar-refractivity contribution is 6.21. The van der Waals surface area contributed by atoms with E-state index in [9.17, 15) is 19.5 Å². The van der Waals surface area contributed by atoms with Crippen LogP contribution in [-0.4, -0.2) is 40.4 Å². The molecule has 0 saturated heterocycles. The molecule has 2 amide bonds. The third-order valence-corrected chi connectivity index (χ3v) is 4.37. The molecule has 0 unspecified atom stereocenters. The Balaban J connectivity index is 1.70. The molecule has 26 heavy (non-hydrogen) atoms. The van der Waals surface area contributed by atoms with Crippen LogP contribution in [0, 0.1) is 5.92 Å². The van der Waals surface area contributed by atoms with E-state index in [1.165, 1.54) is 6.92 Å². The lowest BCUT2D eigenvalue weighted by Crippen LogP contribution is -2.42. The van der Waals surface area contributed by atoms with Crippen LogP contribution in [-0.2, 0) is 16.1 Å². The Labute approximate surface area is 151 Å². The summed E-state index contributed by atoms with van der Waals surface area (Å²) in [5.74, 6) is -2.60. The molecule has 2 aromatic rings. The molecule has 0 bridgehead atoms. The highest BCUT2D eigenvalue weighted by atomic mass is 16.5. The highest BCUT2D eigenvalue weighted by Gasteiger charge is 2.39. The molecule has 6 nitrogen and oxygen atoms in total. The number of aliphatic hydroxyl groups is 1. The quantitative estimate of drug-likeness (QED) is 0.634. The van der Waals surface area contributed by atoms with Gasteiger partial charge >= 0.3 is 5.97 Å². The minimum Gasteiger partial charge on any atom is -0.460 e. The van der Waals surface area contributed by atoms with Crippen LogP contribution >= 0.6 is 0 Å². The summed E-state index contributed by atoms with van der Waals surface area (Å²) in [5, 5.41) is 9.98. The molecule has 134 valence electrons. The molecule has 0 radical (unpaired) electrons. The van der Waals surface area contributed by atoms with Gasteiger partial charge in [-0.2, -0.15) is 0 Å². The molecule has 3 rings (SSSR count). The zero-order valence-corrected chi connectivity index (χ0v) is 14.3. The highest BCUT2D eigenvalue weighted by Crippen LogP contribution is 2.24. The second-order valence-corrected chi connectivity index (χ2v) is 6.21. The van der Waals surface area contributed by atoms with Gasteiger partial charge in [-0.1, -0.05) is 42.5 Å². The fourth-order valence-electron chi connectivity index (χ4n) is 2.86. The zero-order valence-electron chi connectivity index (χ0n) is 14.3. The maximum atomic E-state index is 12.4. The number of ether oxygens (including phenoxy) is 1. The zero-order chi connectivity index (χ0) is 18.7. The third-order valence-electron chi connectivity index (χ3n) is 4.37. The van der Waals surface area contributed by atoms with Crippen molar-refractivity contribution < 1.29 is 24.2 Å². The van der Waals surface area contributed by atoms with Crippen molar-refractivity contribution in [1.82, 2.24) is 4.90 Å². The van der Waals surface area contributed by atoms with E-state index in [1.807, 2.05) is 30.3 Å². The number of hydrogen-bond donors (Lipinski definition) is 1. The van der Waals surface area contributed by atoms with Gasteiger partial charge in [0, 0.05) is 6.54 Å². The minimum atomic E-state index is -1.07. The number of fused-ring (bicyclic) bond motifs is 1. The van der Waals surface area contributed by atoms with E-state index in [1.54, 1.807) is 24.3 Å². The molecule has 1 aliphatic heterocycles. The van der Waals surface area contributed by atoms with Crippen LogP contribution in [0.4, 0.5) is 0 Å². The largest absolute Gasteiger partial charge is 0.460 e. The normalized spacial score (nSPS) is 15.5. The van der Waals surface area contributed by atoms with Crippen LogP contribution in [0.5, 0.6) is 0 Å². The van der Waals surface area contributed by atoms with Gasteiger partial charge in [-0.3, -0.25) is 19.3 Å². The van der Waals surface area contributed by atoms with Gasteiger partial charge in [0.15, 0.2) is 0 Å². The van der Waals surface area contributed by atoms with Gasteiger partial charge in [0.05, 0.1) is 17.2 Å². The Kier molecular flexibility index (Phi) is 5.14. The lowest BCUT2D eigenvalue weighted by atomic mass is 10.0. The van der Waals surface area contributed by atoms with E-state index in [4.69, 9.17) is 4.74 Å². The van der Waals surface area contributed by atoms with Crippen molar-refractivity contribution in [3.8, 4) is 0 Å². The summed E-state index contributed by atoms with van der Waals surface area (Å²) in [6.07, 6.45) is -1.07. The first-order valence-electron chi connectivity index (χ1n) is 8.33. The summed E-state index contributed by atoms with van der Waals surface area (Å²) >= 11 is 0. The summed E-state index contributed by atoms with van der Waals surface area (Å²) in [6, 6.07) is 15.6. The number of rotatable bonds is 6. The summed E-state index contributed by atoms with van der Waals surface area (Å²) in [5.41, 5.74) is 1.42. The van der Waals surface area contributed by atoms with Gasteiger partial charge in [0.1, 0.15) is 12.5 Å². The predicted molar refractivity (Wildman–Crippen MR) is 93.2 cm³/mol.